The summed E-state index contributed by atoms with van der Waals surface area (Å²) in [5.74, 6) is 0.568. The van der Waals surface area contributed by atoms with Gasteiger partial charge in [-0.05, 0) is 6.92 Å². The predicted octanol–water partition coefficient (Wildman–Crippen LogP) is 1.19. The number of nitrogens with zero attached hydrogens (tertiary/aromatic N) is 2. The fourth-order valence-electron chi connectivity index (χ4n) is 1.27. The van der Waals surface area contributed by atoms with E-state index in [0.717, 1.165) is 0 Å². The van der Waals surface area contributed by atoms with Gasteiger partial charge in [-0.1, -0.05) is 6.08 Å². The summed E-state index contributed by atoms with van der Waals surface area (Å²) in [6.45, 7) is 6.83. The van der Waals surface area contributed by atoms with Crippen LogP contribution < -0.4 is 5.32 Å². The van der Waals surface area contributed by atoms with E-state index in [1.807, 2.05) is 0 Å². The van der Waals surface area contributed by atoms with Crippen molar-refractivity contribution >= 4 is 11.8 Å². The maximum atomic E-state index is 11.5. The molecule has 1 heterocycles. The molecule has 0 saturated carbocycles. The molecule has 1 aromatic heterocycles. The largest absolute Gasteiger partial charge is 0.465 e. The summed E-state index contributed by atoms with van der Waals surface area (Å²) in [4.78, 5) is 19.6. The second-order valence-electron chi connectivity index (χ2n) is 3.46. The van der Waals surface area contributed by atoms with Gasteiger partial charge in [0.2, 0.25) is 0 Å². The van der Waals surface area contributed by atoms with Crippen molar-refractivity contribution < 1.29 is 14.3 Å². The molecule has 0 fully saturated rings. The molecule has 0 radical (unpaired) electrons. The highest BCUT2D eigenvalue weighted by Crippen LogP contribution is 2.12. The van der Waals surface area contributed by atoms with Gasteiger partial charge in [0.25, 0.3) is 0 Å². The Hall–Kier alpha value is -1.95. The Bertz CT molecular complexity index is 421. The molecule has 1 aromatic rings. The third kappa shape index (κ3) is 4.14. The number of esters is 1. The van der Waals surface area contributed by atoms with Gasteiger partial charge in [0, 0.05) is 12.7 Å². The fourth-order valence-corrected chi connectivity index (χ4v) is 1.27. The summed E-state index contributed by atoms with van der Waals surface area (Å²) in [6.07, 6.45) is 3.12. The van der Waals surface area contributed by atoms with E-state index < -0.39 is 5.97 Å². The molecule has 0 atom stereocenters. The minimum Gasteiger partial charge on any atom is -0.465 e. The average molecular weight is 251 g/mol. The molecule has 0 bridgehead atoms. The summed E-state index contributed by atoms with van der Waals surface area (Å²) in [7, 11) is 1.32. The number of rotatable bonds is 7. The first-order valence-electron chi connectivity index (χ1n) is 5.53. The van der Waals surface area contributed by atoms with E-state index in [9.17, 15) is 4.79 Å². The van der Waals surface area contributed by atoms with Crippen LogP contribution in [0.15, 0.2) is 18.9 Å². The lowest BCUT2D eigenvalue weighted by Crippen LogP contribution is -2.15. The number of carbonyl (C=O) groups is 1. The normalized spacial score (nSPS) is 9.89. The number of hydrogen-bond donors (Lipinski definition) is 1. The van der Waals surface area contributed by atoms with E-state index in [1.165, 1.54) is 13.3 Å². The highest BCUT2D eigenvalue weighted by molar-refractivity contribution is 5.94. The molecule has 0 amide bonds. The number of ether oxygens (including phenoxy) is 2. The van der Waals surface area contributed by atoms with Crippen molar-refractivity contribution in [1.29, 1.82) is 0 Å². The van der Waals surface area contributed by atoms with Crippen LogP contribution in [0.5, 0.6) is 0 Å². The number of anilines is 1. The van der Waals surface area contributed by atoms with Crippen molar-refractivity contribution in [2.24, 2.45) is 0 Å². The van der Waals surface area contributed by atoms with Gasteiger partial charge in [-0.2, -0.15) is 0 Å². The number of methoxy groups -OCH3 is 1. The van der Waals surface area contributed by atoms with Crippen molar-refractivity contribution in [1.82, 2.24) is 9.97 Å². The Morgan fingerprint density at radius 2 is 2.39 bits per heavy atom. The first-order chi connectivity index (χ1) is 8.69. The smallest absolute Gasteiger partial charge is 0.343 e. The van der Waals surface area contributed by atoms with E-state index in [-0.39, 0.29) is 0 Å². The fraction of sp³-hybridized carbons (Fsp3) is 0.417. The number of carbonyl (C=O) groups excluding carboxylic acids is 1. The first-order valence-corrected chi connectivity index (χ1v) is 5.53. The van der Waals surface area contributed by atoms with Crippen molar-refractivity contribution in [2.45, 2.75) is 6.92 Å². The summed E-state index contributed by atoms with van der Waals surface area (Å²) < 4.78 is 9.88. The van der Waals surface area contributed by atoms with E-state index in [1.54, 1.807) is 13.0 Å². The van der Waals surface area contributed by atoms with E-state index in [4.69, 9.17) is 4.74 Å². The lowest BCUT2D eigenvalue weighted by atomic mass is 10.3. The molecule has 0 spiro atoms. The van der Waals surface area contributed by atoms with Gasteiger partial charge in [0.05, 0.1) is 20.3 Å². The SMILES string of the molecule is C=CCOCCNc1nc(C)ncc1C(=O)OC. The van der Waals surface area contributed by atoms with Crippen molar-refractivity contribution in [3.63, 3.8) is 0 Å². The van der Waals surface area contributed by atoms with E-state index >= 15 is 0 Å². The Kier molecular flexibility index (Phi) is 5.79. The first kappa shape index (κ1) is 14.1. The summed E-state index contributed by atoms with van der Waals surface area (Å²) >= 11 is 0. The zero-order valence-corrected chi connectivity index (χ0v) is 10.6. The molecule has 0 unspecified atom stereocenters. The molecule has 1 N–H and O–H groups in total. The molecule has 6 heteroatoms. The lowest BCUT2D eigenvalue weighted by molar-refractivity contribution is 0.0601. The molecule has 0 aromatic carbocycles. The highest BCUT2D eigenvalue weighted by Gasteiger charge is 2.13. The minimum absolute atomic E-state index is 0.312. The number of hydrogen-bond acceptors (Lipinski definition) is 6. The maximum Gasteiger partial charge on any atom is 0.343 e. The molecule has 1 rings (SSSR count). The Balaban J connectivity index is 2.64. The molecular weight excluding hydrogens is 234 g/mol. The van der Waals surface area contributed by atoms with Crippen LogP contribution in [-0.4, -0.2) is 42.8 Å². The summed E-state index contributed by atoms with van der Waals surface area (Å²) in [6, 6.07) is 0. The topological polar surface area (TPSA) is 73.3 Å². The number of nitrogens with one attached hydrogen (secondary N) is 1. The molecule has 98 valence electrons. The van der Waals surface area contributed by atoms with Crippen molar-refractivity contribution in [3.05, 3.63) is 30.2 Å². The second kappa shape index (κ2) is 7.39. The van der Waals surface area contributed by atoms with Gasteiger partial charge in [0.15, 0.2) is 0 Å². The molecule has 0 aliphatic rings. The van der Waals surface area contributed by atoms with Gasteiger partial charge in [-0.25, -0.2) is 14.8 Å². The van der Waals surface area contributed by atoms with Crippen LogP contribution in [0, 0.1) is 6.92 Å². The third-order valence-corrected chi connectivity index (χ3v) is 2.09. The van der Waals surface area contributed by atoms with Crippen LogP contribution >= 0.6 is 0 Å². The zero-order chi connectivity index (χ0) is 13.4. The van der Waals surface area contributed by atoms with Crippen LogP contribution in [0.1, 0.15) is 16.2 Å². The molecular formula is C12H17N3O3. The van der Waals surface area contributed by atoms with E-state index in [0.29, 0.717) is 37.0 Å². The van der Waals surface area contributed by atoms with Crippen LogP contribution in [0.4, 0.5) is 5.82 Å². The lowest BCUT2D eigenvalue weighted by Gasteiger charge is -2.09. The molecule has 0 aliphatic carbocycles. The Morgan fingerprint density at radius 3 is 3.06 bits per heavy atom. The molecule has 18 heavy (non-hydrogen) atoms. The Labute approximate surface area is 106 Å². The maximum absolute atomic E-state index is 11.5. The van der Waals surface area contributed by atoms with Crippen LogP contribution in [-0.2, 0) is 9.47 Å². The summed E-state index contributed by atoms with van der Waals surface area (Å²) in [5, 5.41) is 3.02. The minimum atomic E-state index is -0.468. The van der Waals surface area contributed by atoms with E-state index in [2.05, 4.69) is 26.6 Å². The standard InChI is InChI=1S/C12H17N3O3/c1-4-6-18-7-5-13-11-10(12(16)17-3)8-14-9(2)15-11/h4,8H,1,5-7H2,2-3H3,(H,13,14,15). The molecule has 0 saturated heterocycles. The predicted molar refractivity (Wildman–Crippen MR) is 67.6 cm³/mol. The highest BCUT2D eigenvalue weighted by atomic mass is 16.5. The average Bonchev–Trinajstić information content (AvgIpc) is 2.38. The second-order valence-corrected chi connectivity index (χ2v) is 3.46. The number of aryl methyl sites for hydroxylation is 1. The van der Waals surface area contributed by atoms with Crippen LogP contribution in [0.3, 0.4) is 0 Å². The summed E-state index contributed by atoms with van der Waals surface area (Å²) in [5.41, 5.74) is 0.312. The quantitative estimate of drug-likeness (QED) is 0.446. The molecule has 6 nitrogen and oxygen atoms in total. The monoisotopic (exact) mass is 251 g/mol. The van der Waals surface area contributed by atoms with Gasteiger partial charge in [-0.3, -0.25) is 0 Å². The molecule has 0 aliphatic heterocycles. The third-order valence-electron chi connectivity index (χ3n) is 2.09. The van der Waals surface area contributed by atoms with Crippen LogP contribution in [0.2, 0.25) is 0 Å². The van der Waals surface area contributed by atoms with Crippen LogP contribution in [0.25, 0.3) is 0 Å². The van der Waals surface area contributed by atoms with Gasteiger partial charge >= 0.3 is 5.97 Å². The zero-order valence-electron chi connectivity index (χ0n) is 10.6. The number of aromatic nitrogens is 2. The van der Waals surface area contributed by atoms with Crippen molar-refractivity contribution in [2.75, 3.05) is 32.2 Å². The Morgan fingerprint density at radius 1 is 1.61 bits per heavy atom. The van der Waals surface area contributed by atoms with Gasteiger partial charge < -0.3 is 14.8 Å². The van der Waals surface area contributed by atoms with Crippen molar-refractivity contribution in [3.8, 4) is 0 Å². The van der Waals surface area contributed by atoms with Gasteiger partial charge in [-0.15, -0.1) is 6.58 Å². The van der Waals surface area contributed by atoms with Gasteiger partial charge in [0.1, 0.15) is 17.2 Å².